The van der Waals surface area contributed by atoms with Crippen LogP contribution in [0.4, 0.5) is 5.82 Å². The minimum Gasteiger partial charge on any atom is -0.461 e. The number of benzene rings is 2. The van der Waals surface area contributed by atoms with Gasteiger partial charge in [0.05, 0.1) is 5.41 Å². The van der Waals surface area contributed by atoms with Gasteiger partial charge in [0.25, 0.3) is 5.56 Å². The van der Waals surface area contributed by atoms with Crippen molar-refractivity contribution >= 4 is 34.4 Å². The maximum Gasteiger partial charge on any atom is 0.302 e. The number of nitrogens with zero attached hydrogens (tertiary/aromatic N) is 1. The third-order valence-electron chi connectivity index (χ3n) is 6.99. The molecule has 168 valence electrons. The second kappa shape index (κ2) is 8.03. The lowest BCUT2D eigenvalue weighted by Gasteiger charge is -2.44. The average Bonchev–Trinajstić information content (AvgIpc) is 2.82. The highest BCUT2D eigenvalue weighted by Crippen LogP contribution is 2.44. The highest BCUT2D eigenvalue weighted by atomic mass is 16.5. The number of hydrogen-bond donors (Lipinski definition) is 1. The standard InChI is InChI=1S/C27H26N2O4/c1-17-14-19-6-3-4-9-23(19)27(25(17)31)10-12-29(13-11-27)24-15-22-20(16-33-18(2)30)7-5-8-21(22)26(32)28-24/h3-9,14-15H,10-13,16H2,1-2H3,(H,28,32). The van der Waals surface area contributed by atoms with Crippen molar-refractivity contribution in [1.82, 2.24) is 4.98 Å². The molecular formula is C27H26N2O4. The van der Waals surface area contributed by atoms with Crippen molar-refractivity contribution < 1.29 is 14.3 Å². The van der Waals surface area contributed by atoms with Crippen LogP contribution in [0.3, 0.4) is 0 Å². The second-order valence-electron chi connectivity index (χ2n) is 8.96. The molecule has 33 heavy (non-hydrogen) atoms. The minimum absolute atomic E-state index is 0.121. The number of aromatic amines is 1. The van der Waals surface area contributed by atoms with Gasteiger partial charge in [-0.2, -0.15) is 0 Å². The van der Waals surface area contributed by atoms with Crippen molar-refractivity contribution in [1.29, 1.82) is 0 Å². The van der Waals surface area contributed by atoms with Gasteiger partial charge in [0.1, 0.15) is 12.4 Å². The molecule has 0 amide bonds. The Bertz CT molecular complexity index is 1360. The van der Waals surface area contributed by atoms with Crippen molar-refractivity contribution in [2.45, 2.75) is 38.7 Å². The third kappa shape index (κ3) is 3.55. The summed E-state index contributed by atoms with van der Waals surface area (Å²) in [5, 5.41) is 1.34. The summed E-state index contributed by atoms with van der Waals surface area (Å²) in [5.41, 5.74) is 3.14. The van der Waals surface area contributed by atoms with E-state index in [0.717, 1.165) is 33.5 Å². The molecule has 2 aliphatic rings. The molecule has 1 fully saturated rings. The Morgan fingerprint density at radius 3 is 2.58 bits per heavy atom. The fourth-order valence-electron chi connectivity index (χ4n) is 5.30. The van der Waals surface area contributed by atoms with Gasteiger partial charge in [-0.25, -0.2) is 0 Å². The Hall–Kier alpha value is -3.67. The third-order valence-corrected chi connectivity index (χ3v) is 6.99. The summed E-state index contributed by atoms with van der Waals surface area (Å²) in [7, 11) is 0. The number of esters is 1. The van der Waals surface area contributed by atoms with Gasteiger partial charge in [0.15, 0.2) is 5.78 Å². The largest absolute Gasteiger partial charge is 0.461 e. The molecule has 0 bridgehead atoms. The molecule has 2 heterocycles. The van der Waals surface area contributed by atoms with Crippen LogP contribution in [-0.2, 0) is 26.3 Å². The number of Topliss-reactive ketones (excluding diaryl/α,β-unsaturated/α-hetero) is 1. The maximum atomic E-state index is 13.3. The molecule has 1 saturated heterocycles. The molecule has 0 radical (unpaired) electrons. The normalized spacial score (nSPS) is 17.1. The number of allylic oxidation sites excluding steroid dienone is 1. The lowest BCUT2D eigenvalue weighted by molar-refractivity contribution is -0.142. The van der Waals surface area contributed by atoms with Gasteiger partial charge in [-0.05, 0) is 65.6 Å². The van der Waals surface area contributed by atoms with E-state index in [1.807, 2.05) is 37.3 Å². The zero-order valence-electron chi connectivity index (χ0n) is 18.8. The van der Waals surface area contributed by atoms with Crippen molar-refractivity contribution in [2.24, 2.45) is 0 Å². The van der Waals surface area contributed by atoms with E-state index in [2.05, 4.69) is 22.0 Å². The van der Waals surface area contributed by atoms with Crippen LogP contribution in [0, 0.1) is 0 Å². The maximum absolute atomic E-state index is 13.3. The Balaban J connectivity index is 1.47. The molecule has 5 rings (SSSR count). The van der Waals surface area contributed by atoms with Gasteiger partial charge in [-0.15, -0.1) is 0 Å². The first kappa shape index (κ1) is 21.2. The van der Waals surface area contributed by atoms with Gasteiger partial charge in [-0.1, -0.05) is 36.4 Å². The van der Waals surface area contributed by atoms with Crippen LogP contribution in [0.25, 0.3) is 16.8 Å². The number of carbonyl (C=O) groups excluding carboxylic acids is 2. The van der Waals surface area contributed by atoms with Crippen LogP contribution < -0.4 is 10.5 Å². The van der Waals surface area contributed by atoms with E-state index in [0.29, 0.717) is 31.3 Å². The molecule has 1 aliphatic carbocycles. The molecule has 2 aromatic carbocycles. The molecule has 1 aliphatic heterocycles. The predicted molar refractivity (Wildman–Crippen MR) is 128 cm³/mol. The first-order valence-corrected chi connectivity index (χ1v) is 11.2. The van der Waals surface area contributed by atoms with E-state index in [9.17, 15) is 14.4 Å². The SMILES string of the molecule is CC(=O)OCc1cccc2c(=O)[nH]c(N3CCC4(CC3)C(=O)C(C)=Cc3ccccc34)cc12. The van der Waals surface area contributed by atoms with Gasteiger partial charge in [0, 0.05) is 25.4 Å². The van der Waals surface area contributed by atoms with Crippen LogP contribution in [0.15, 0.2) is 58.9 Å². The van der Waals surface area contributed by atoms with Crippen LogP contribution in [0.1, 0.15) is 43.4 Å². The Labute approximate surface area is 191 Å². The highest BCUT2D eigenvalue weighted by molar-refractivity contribution is 6.09. The Kier molecular flexibility index (Phi) is 5.16. The quantitative estimate of drug-likeness (QED) is 0.618. The summed E-state index contributed by atoms with van der Waals surface area (Å²) >= 11 is 0. The topological polar surface area (TPSA) is 79.5 Å². The number of anilines is 1. The van der Waals surface area contributed by atoms with Crippen LogP contribution >= 0.6 is 0 Å². The first-order valence-electron chi connectivity index (χ1n) is 11.2. The molecule has 1 N–H and O–H groups in total. The minimum atomic E-state index is -0.510. The number of hydrogen-bond acceptors (Lipinski definition) is 5. The smallest absolute Gasteiger partial charge is 0.302 e. The highest BCUT2D eigenvalue weighted by Gasteiger charge is 2.46. The van der Waals surface area contributed by atoms with Crippen LogP contribution in [0.2, 0.25) is 0 Å². The van der Waals surface area contributed by atoms with Crippen molar-refractivity contribution in [3.8, 4) is 0 Å². The number of ether oxygens (including phenoxy) is 1. The van der Waals surface area contributed by atoms with Gasteiger partial charge in [0.2, 0.25) is 0 Å². The fourth-order valence-corrected chi connectivity index (χ4v) is 5.30. The van der Waals surface area contributed by atoms with Crippen molar-refractivity contribution in [3.05, 3.63) is 81.1 Å². The Morgan fingerprint density at radius 1 is 1.06 bits per heavy atom. The number of pyridine rings is 1. The monoisotopic (exact) mass is 442 g/mol. The number of rotatable bonds is 3. The molecule has 1 spiro atoms. The first-order chi connectivity index (χ1) is 15.9. The summed E-state index contributed by atoms with van der Waals surface area (Å²) in [6.07, 6.45) is 3.35. The van der Waals surface area contributed by atoms with E-state index in [1.165, 1.54) is 6.92 Å². The number of aromatic nitrogens is 1. The number of H-pyrrole nitrogens is 1. The lowest BCUT2D eigenvalue weighted by atomic mass is 9.64. The van der Waals surface area contributed by atoms with Gasteiger partial charge >= 0.3 is 5.97 Å². The molecule has 0 saturated carbocycles. The van der Waals surface area contributed by atoms with E-state index in [-0.39, 0.29) is 23.9 Å². The van der Waals surface area contributed by atoms with E-state index in [4.69, 9.17) is 4.74 Å². The van der Waals surface area contributed by atoms with E-state index in [1.54, 1.807) is 12.1 Å². The summed E-state index contributed by atoms with van der Waals surface area (Å²) in [6.45, 7) is 4.70. The van der Waals surface area contributed by atoms with Gasteiger partial charge in [-0.3, -0.25) is 14.4 Å². The second-order valence-corrected chi connectivity index (χ2v) is 8.96. The summed E-state index contributed by atoms with van der Waals surface area (Å²) in [4.78, 5) is 42.6. The molecule has 0 atom stereocenters. The molecule has 0 unspecified atom stereocenters. The van der Waals surface area contributed by atoms with Gasteiger partial charge < -0.3 is 14.6 Å². The average molecular weight is 443 g/mol. The number of piperidine rings is 1. The molecular weight excluding hydrogens is 416 g/mol. The molecule has 6 nitrogen and oxygen atoms in total. The summed E-state index contributed by atoms with van der Waals surface area (Å²) < 4.78 is 5.18. The predicted octanol–water partition coefficient (Wildman–Crippen LogP) is 4.12. The van der Waals surface area contributed by atoms with E-state index < -0.39 is 5.41 Å². The number of fused-ring (bicyclic) bond motifs is 3. The zero-order chi connectivity index (χ0) is 23.2. The molecule has 6 heteroatoms. The van der Waals surface area contributed by atoms with Crippen LogP contribution in [-0.4, -0.2) is 29.8 Å². The summed E-state index contributed by atoms with van der Waals surface area (Å²) in [6, 6.07) is 15.5. The molecule has 3 aromatic rings. The molecule has 1 aromatic heterocycles. The number of ketones is 1. The summed E-state index contributed by atoms with van der Waals surface area (Å²) in [5.74, 6) is 0.568. The fraction of sp³-hybridized carbons (Fsp3) is 0.296. The van der Waals surface area contributed by atoms with Crippen LogP contribution in [0.5, 0.6) is 0 Å². The van der Waals surface area contributed by atoms with Crippen molar-refractivity contribution in [3.63, 3.8) is 0 Å². The lowest BCUT2D eigenvalue weighted by Crippen LogP contribution is -2.49. The van der Waals surface area contributed by atoms with Crippen molar-refractivity contribution in [2.75, 3.05) is 18.0 Å². The zero-order valence-corrected chi connectivity index (χ0v) is 18.8. The number of carbonyl (C=O) groups is 2. The van der Waals surface area contributed by atoms with E-state index >= 15 is 0 Å². The Morgan fingerprint density at radius 2 is 1.82 bits per heavy atom. The number of nitrogens with one attached hydrogen (secondary N) is 1.